The fraction of sp³-hybridized carbons (Fsp3) is 0.0625. The Balaban J connectivity index is 1.59. The Kier molecular flexibility index (Phi) is 5.03. The molecule has 0 spiro atoms. The summed E-state index contributed by atoms with van der Waals surface area (Å²) in [5, 5.41) is 9.95. The van der Waals surface area contributed by atoms with Crippen LogP contribution in [0.2, 0.25) is 0 Å². The van der Waals surface area contributed by atoms with E-state index in [2.05, 4.69) is 15.5 Å². The number of nitrogens with one attached hydrogen (secondary N) is 1. The number of amides is 1. The van der Waals surface area contributed by atoms with Gasteiger partial charge < -0.3 is 9.73 Å². The topological polar surface area (TPSA) is 68.0 Å². The van der Waals surface area contributed by atoms with Crippen molar-refractivity contribution in [2.45, 2.75) is 5.22 Å². The summed E-state index contributed by atoms with van der Waals surface area (Å²) in [6.45, 7) is 0. The van der Waals surface area contributed by atoms with Gasteiger partial charge in [-0.2, -0.15) is 0 Å². The molecule has 25 heavy (non-hydrogen) atoms. The van der Waals surface area contributed by atoms with Crippen LogP contribution in [0, 0.1) is 17.5 Å². The minimum absolute atomic E-state index is 0.00149. The Morgan fingerprint density at radius 3 is 2.60 bits per heavy atom. The zero-order valence-corrected chi connectivity index (χ0v) is 13.3. The van der Waals surface area contributed by atoms with E-state index in [-0.39, 0.29) is 28.1 Å². The number of aromatic nitrogens is 2. The molecule has 5 nitrogen and oxygen atoms in total. The zero-order chi connectivity index (χ0) is 17.8. The second-order valence-electron chi connectivity index (χ2n) is 4.82. The molecule has 9 heteroatoms. The van der Waals surface area contributed by atoms with Crippen LogP contribution in [-0.2, 0) is 4.79 Å². The molecule has 0 aliphatic heterocycles. The van der Waals surface area contributed by atoms with E-state index in [9.17, 15) is 18.0 Å². The molecule has 0 unspecified atom stereocenters. The molecule has 128 valence electrons. The van der Waals surface area contributed by atoms with Gasteiger partial charge in [0.1, 0.15) is 5.82 Å². The van der Waals surface area contributed by atoms with Crippen molar-refractivity contribution in [3.05, 3.63) is 59.9 Å². The van der Waals surface area contributed by atoms with E-state index in [0.717, 1.165) is 23.9 Å². The standard InChI is InChI=1S/C16H10F3N3O2S/c17-11-4-2-1-3-10(11)15-21-22-16(24-15)25-8-14(23)20-9-5-6-12(18)13(19)7-9/h1-7H,8H2,(H,20,23). The molecule has 0 aliphatic carbocycles. The molecule has 0 atom stereocenters. The number of halogens is 3. The average Bonchev–Trinajstić information content (AvgIpc) is 3.05. The number of thioether (sulfide) groups is 1. The van der Waals surface area contributed by atoms with Crippen LogP contribution in [0.15, 0.2) is 52.1 Å². The molecule has 0 fully saturated rings. The van der Waals surface area contributed by atoms with Crippen molar-refractivity contribution in [3.63, 3.8) is 0 Å². The van der Waals surface area contributed by atoms with Gasteiger partial charge in [0, 0.05) is 11.8 Å². The van der Waals surface area contributed by atoms with E-state index in [1.54, 1.807) is 6.07 Å². The highest BCUT2D eigenvalue weighted by Crippen LogP contribution is 2.25. The molecule has 3 aromatic rings. The number of anilines is 1. The second kappa shape index (κ2) is 7.39. The summed E-state index contributed by atoms with van der Waals surface area (Å²) in [5.74, 6) is -3.13. The fourth-order valence-corrected chi connectivity index (χ4v) is 2.47. The minimum Gasteiger partial charge on any atom is -0.411 e. The third-order valence-corrected chi connectivity index (χ3v) is 3.86. The number of nitrogens with zero attached hydrogens (tertiary/aromatic N) is 2. The van der Waals surface area contributed by atoms with Crippen molar-refractivity contribution in [3.8, 4) is 11.5 Å². The maximum Gasteiger partial charge on any atom is 0.277 e. The normalized spacial score (nSPS) is 10.7. The van der Waals surface area contributed by atoms with Gasteiger partial charge in [-0.15, -0.1) is 10.2 Å². The zero-order valence-electron chi connectivity index (χ0n) is 12.5. The van der Waals surface area contributed by atoms with Gasteiger partial charge in [0.15, 0.2) is 11.6 Å². The maximum atomic E-state index is 13.6. The Bertz CT molecular complexity index is 917. The van der Waals surface area contributed by atoms with Gasteiger partial charge in [-0.3, -0.25) is 4.79 Å². The first kappa shape index (κ1) is 17.0. The highest BCUT2D eigenvalue weighted by Gasteiger charge is 2.14. The molecule has 1 heterocycles. The summed E-state index contributed by atoms with van der Waals surface area (Å²) < 4.78 is 44.9. The molecule has 0 saturated heterocycles. The first-order valence-electron chi connectivity index (χ1n) is 6.99. The van der Waals surface area contributed by atoms with Crippen LogP contribution in [0.5, 0.6) is 0 Å². The van der Waals surface area contributed by atoms with Crippen LogP contribution in [0.1, 0.15) is 0 Å². The number of carbonyl (C=O) groups excluding carboxylic acids is 1. The van der Waals surface area contributed by atoms with Crippen molar-refractivity contribution in [2.75, 3.05) is 11.1 Å². The molecular formula is C16H10F3N3O2S. The quantitative estimate of drug-likeness (QED) is 0.695. The van der Waals surface area contributed by atoms with Crippen molar-refractivity contribution < 1.29 is 22.4 Å². The van der Waals surface area contributed by atoms with Crippen LogP contribution < -0.4 is 5.32 Å². The molecule has 2 aromatic carbocycles. The lowest BCUT2D eigenvalue weighted by Gasteiger charge is -2.04. The maximum absolute atomic E-state index is 13.6. The Hall–Kier alpha value is -2.81. The van der Waals surface area contributed by atoms with Gasteiger partial charge in [0.05, 0.1) is 11.3 Å². The van der Waals surface area contributed by atoms with E-state index in [0.29, 0.717) is 0 Å². The molecule has 1 amide bonds. The Morgan fingerprint density at radius 1 is 1.04 bits per heavy atom. The van der Waals surface area contributed by atoms with Gasteiger partial charge in [-0.25, -0.2) is 13.2 Å². The molecule has 1 N–H and O–H groups in total. The first-order chi connectivity index (χ1) is 12.0. The highest BCUT2D eigenvalue weighted by molar-refractivity contribution is 7.99. The van der Waals surface area contributed by atoms with E-state index >= 15 is 0 Å². The number of hydrogen-bond acceptors (Lipinski definition) is 5. The lowest BCUT2D eigenvalue weighted by molar-refractivity contribution is -0.113. The summed E-state index contributed by atoms with van der Waals surface area (Å²) in [6, 6.07) is 8.95. The Morgan fingerprint density at radius 2 is 1.84 bits per heavy atom. The van der Waals surface area contributed by atoms with Crippen LogP contribution in [0.3, 0.4) is 0 Å². The fourth-order valence-electron chi connectivity index (χ4n) is 1.91. The van der Waals surface area contributed by atoms with E-state index in [1.807, 2.05) is 0 Å². The molecule has 3 rings (SSSR count). The summed E-state index contributed by atoms with van der Waals surface area (Å²) in [5.41, 5.74) is 0.287. The SMILES string of the molecule is O=C(CSc1nnc(-c2ccccc2F)o1)Nc1ccc(F)c(F)c1. The molecular weight excluding hydrogens is 355 g/mol. The third kappa shape index (κ3) is 4.18. The summed E-state index contributed by atoms with van der Waals surface area (Å²) in [6.07, 6.45) is 0. The monoisotopic (exact) mass is 365 g/mol. The minimum atomic E-state index is -1.06. The Labute approximate surface area is 144 Å². The van der Waals surface area contributed by atoms with E-state index in [1.165, 1.54) is 24.3 Å². The highest BCUT2D eigenvalue weighted by atomic mass is 32.2. The smallest absolute Gasteiger partial charge is 0.277 e. The van der Waals surface area contributed by atoms with Gasteiger partial charge in [-0.1, -0.05) is 23.9 Å². The van der Waals surface area contributed by atoms with Gasteiger partial charge in [-0.05, 0) is 24.3 Å². The average molecular weight is 365 g/mol. The van der Waals surface area contributed by atoms with Gasteiger partial charge >= 0.3 is 0 Å². The lowest BCUT2D eigenvalue weighted by atomic mass is 10.2. The van der Waals surface area contributed by atoms with Crippen LogP contribution in [0.4, 0.5) is 18.9 Å². The number of carbonyl (C=O) groups is 1. The number of rotatable bonds is 5. The van der Waals surface area contributed by atoms with Crippen LogP contribution in [-0.4, -0.2) is 21.9 Å². The second-order valence-corrected chi connectivity index (χ2v) is 5.75. The predicted octanol–water partition coefficient (Wildman–Crippen LogP) is 3.88. The van der Waals surface area contributed by atoms with Crippen molar-refractivity contribution in [1.29, 1.82) is 0 Å². The molecule has 0 aliphatic rings. The van der Waals surface area contributed by atoms with Gasteiger partial charge in [0.25, 0.3) is 11.1 Å². The first-order valence-corrected chi connectivity index (χ1v) is 7.97. The number of benzene rings is 2. The van der Waals surface area contributed by atoms with Crippen molar-refractivity contribution >= 4 is 23.4 Å². The van der Waals surface area contributed by atoms with Crippen LogP contribution in [0.25, 0.3) is 11.5 Å². The summed E-state index contributed by atoms with van der Waals surface area (Å²) >= 11 is 0.934. The van der Waals surface area contributed by atoms with E-state index < -0.39 is 23.4 Å². The summed E-state index contributed by atoms with van der Waals surface area (Å²) in [7, 11) is 0. The van der Waals surface area contributed by atoms with Crippen molar-refractivity contribution in [2.24, 2.45) is 0 Å². The lowest BCUT2D eigenvalue weighted by Crippen LogP contribution is -2.14. The van der Waals surface area contributed by atoms with Gasteiger partial charge in [0.2, 0.25) is 5.91 Å². The third-order valence-electron chi connectivity index (χ3n) is 3.04. The molecule has 0 saturated carbocycles. The molecule has 0 radical (unpaired) electrons. The van der Waals surface area contributed by atoms with Crippen molar-refractivity contribution in [1.82, 2.24) is 10.2 Å². The molecule has 0 bridgehead atoms. The largest absolute Gasteiger partial charge is 0.411 e. The predicted molar refractivity (Wildman–Crippen MR) is 85.4 cm³/mol. The molecule has 1 aromatic heterocycles. The summed E-state index contributed by atoms with van der Waals surface area (Å²) in [4.78, 5) is 11.8. The van der Waals surface area contributed by atoms with Crippen LogP contribution >= 0.6 is 11.8 Å². The van der Waals surface area contributed by atoms with E-state index in [4.69, 9.17) is 4.42 Å². The number of hydrogen-bond donors (Lipinski definition) is 1.